The number of benzene rings is 2. The number of aryl methyl sites for hydroxylation is 2. The van der Waals surface area contributed by atoms with Gasteiger partial charge in [-0.3, -0.25) is 4.79 Å². The fraction of sp³-hybridized carbons (Fsp3) is 0.133. The minimum Gasteiger partial charge on any atom is -0.399 e. The molecule has 0 fully saturated rings. The molecule has 110 valence electrons. The number of hydrogen-bond acceptors (Lipinski definition) is 2. The molecule has 0 aliphatic heterocycles. The van der Waals surface area contributed by atoms with Crippen molar-refractivity contribution in [3.8, 4) is 0 Å². The van der Waals surface area contributed by atoms with Gasteiger partial charge in [0.1, 0.15) is 5.82 Å². The Bertz CT molecular complexity index is 709. The molecule has 0 heterocycles. The normalized spacial score (nSPS) is 10.5. The molecule has 0 unspecified atom stereocenters. The first kappa shape index (κ1) is 16.0. The number of nitrogen functional groups attached to an aromatic ring is 1. The van der Waals surface area contributed by atoms with Crippen LogP contribution in [0.25, 0.3) is 0 Å². The van der Waals surface area contributed by atoms with Crippen LogP contribution in [-0.4, -0.2) is 5.91 Å². The molecule has 0 aliphatic carbocycles. The first-order valence-corrected chi connectivity index (χ1v) is 7.71. The average molecular weight is 416 g/mol. The van der Waals surface area contributed by atoms with Gasteiger partial charge >= 0.3 is 0 Å². The number of carbonyl (C=O) groups excluding carboxylic acids is 1. The summed E-state index contributed by atoms with van der Waals surface area (Å²) in [6.45, 7) is 3.50. The summed E-state index contributed by atoms with van der Waals surface area (Å²) in [5.41, 5.74) is 7.85. The lowest BCUT2D eigenvalue weighted by atomic mass is 10.1. The van der Waals surface area contributed by atoms with Crippen LogP contribution in [-0.2, 0) is 0 Å². The van der Waals surface area contributed by atoms with E-state index in [9.17, 15) is 9.18 Å². The summed E-state index contributed by atoms with van der Waals surface area (Å²) in [6, 6.07) is 6.54. The zero-order valence-corrected chi connectivity index (χ0v) is 14.6. The van der Waals surface area contributed by atoms with Gasteiger partial charge in [-0.05, 0) is 81.1 Å². The molecule has 0 atom stereocenters. The van der Waals surface area contributed by atoms with Gasteiger partial charge in [0.2, 0.25) is 0 Å². The highest BCUT2D eigenvalue weighted by Gasteiger charge is 2.17. The van der Waals surface area contributed by atoms with Crippen LogP contribution < -0.4 is 11.1 Å². The quantitative estimate of drug-likeness (QED) is 0.692. The van der Waals surface area contributed by atoms with Gasteiger partial charge in [0.05, 0.1) is 11.3 Å². The molecule has 0 saturated carbocycles. The maximum absolute atomic E-state index is 14.1. The number of anilines is 2. The molecule has 0 aromatic heterocycles. The summed E-state index contributed by atoms with van der Waals surface area (Å²) in [4.78, 5) is 12.3. The maximum Gasteiger partial charge on any atom is 0.258 e. The Kier molecular flexibility index (Phi) is 4.68. The first-order chi connectivity index (χ1) is 9.79. The lowest BCUT2D eigenvalue weighted by Crippen LogP contribution is -2.15. The zero-order valence-electron chi connectivity index (χ0n) is 11.4. The number of rotatable bonds is 2. The summed E-state index contributed by atoms with van der Waals surface area (Å²) in [5, 5.41) is 2.69. The van der Waals surface area contributed by atoms with Crippen LogP contribution in [0.3, 0.4) is 0 Å². The number of nitrogens with two attached hydrogens (primary N) is 1. The second-order valence-electron chi connectivity index (χ2n) is 4.76. The maximum atomic E-state index is 14.1. The highest BCUT2D eigenvalue weighted by Crippen LogP contribution is 2.33. The highest BCUT2D eigenvalue weighted by atomic mass is 79.9. The van der Waals surface area contributed by atoms with E-state index in [2.05, 4.69) is 37.2 Å². The second kappa shape index (κ2) is 6.15. The Morgan fingerprint density at radius 3 is 2.29 bits per heavy atom. The van der Waals surface area contributed by atoms with Crippen molar-refractivity contribution in [2.24, 2.45) is 0 Å². The van der Waals surface area contributed by atoms with Crippen LogP contribution in [0.15, 0.2) is 33.2 Å². The molecule has 1 amide bonds. The predicted molar refractivity (Wildman–Crippen MR) is 90.1 cm³/mol. The van der Waals surface area contributed by atoms with Gasteiger partial charge in [0.25, 0.3) is 5.91 Å². The number of carbonyl (C=O) groups is 1. The Hall–Kier alpha value is -1.40. The summed E-state index contributed by atoms with van der Waals surface area (Å²) in [5.74, 6) is -1.12. The van der Waals surface area contributed by atoms with Crippen molar-refractivity contribution < 1.29 is 9.18 Å². The van der Waals surface area contributed by atoms with E-state index in [-0.39, 0.29) is 5.56 Å². The van der Waals surface area contributed by atoms with E-state index in [1.807, 2.05) is 19.1 Å². The Balaban J connectivity index is 2.40. The second-order valence-corrected chi connectivity index (χ2v) is 6.47. The fourth-order valence-electron chi connectivity index (χ4n) is 1.96. The molecule has 2 aromatic carbocycles. The molecule has 3 N–H and O–H groups in total. The van der Waals surface area contributed by atoms with Crippen molar-refractivity contribution in [3.05, 3.63) is 55.7 Å². The lowest BCUT2D eigenvalue weighted by molar-refractivity contribution is 0.102. The summed E-state index contributed by atoms with van der Waals surface area (Å²) < 4.78 is 15.5. The predicted octanol–water partition coefficient (Wildman–Crippen LogP) is 4.80. The summed E-state index contributed by atoms with van der Waals surface area (Å²) in [6.07, 6.45) is 0. The smallest absolute Gasteiger partial charge is 0.258 e. The van der Waals surface area contributed by atoms with Gasteiger partial charge in [-0.25, -0.2) is 4.39 Å². The van der Waals surface area contributed by atoms with Crippen molar-refractivity contribution in [2.75, 3.05) is 11.1 Å². The van der Waals surface area contributed by atoms with Crippen LogP contribution in [0.5, 0.6) is 0 Å². The molecule has 0 bridgehead atoms. The number of halogens is 3. The molecule has 3 nitrogen and oxygen atoms in total. The third kappa shape index (κ3) is 3.44. The van der Waals surface area contributed by atoms with Crippen molar-refractivity contribution in [2.45, 2.75) is 13.8 Å². The number of nitrogens with one attached hydrogen (secondary N) is 1. The van der Waals surface area contributed by atoms with Crippen LogP contribution in [0.1, 0.15) is 21.5 Å². The number of amides is 1. The van der Waals surface area contributed by atoms with E-state index in [4.69, 9.17) is 5.73 Å². The van der Waals surface area contributed by atoms with Gasteiger partial charge in [0, 0.05) is 14.6 Å². The zero-order chi connectivity index (χ0) is 15.7. The molecular weight excluding hydrogens is 403 g/mol. The minimum atomic E-state index is -0.568. The molecular formula is C15H13Br2FN2O. The van der Waals surface area contributed by atoms with Gasteiger partial charge in [-0.2, -0.15) is 0 Å². The Morgan fingerprint density at radius 1 is 1.14 bits per heavy atom. The Morgan fingerprint density at radius 2 is 1.71 bits per heavy atom. The largest absolute Gasteiger partial charge is 0.399 e. The van der Waals surface area contributed by atoms with Crippen molar-refractivity contribution in [1.29, 1.82) is 0 Å². The van der Waals surface area contributed by atoms with Crippen LogP contribution in [0, 0.1) is 19.7 Å². The third-order valence-electron chi connectivity index (χ3n) is 2.95. The standard InChI is InChI=1S/C15H13Br2FN2O/c1-7-3-11(16)14(12(17)4-7)20-15(21)10-6-9(19)5-8(2)13(10)18/h3-6H,19H2,1-2H3,(H,20,21). The molecule has 2 rings (SSSR count). The Labute approximate surface area is 139 Å². The van der Waals surface area contributed by atoms with Crippen LogP contribution >= 0.6 is 31.9 Å². The molecule has 0 aliphatic rings. The van der Waals surface area contributed by atoms with Crippen molar-refractivity contribution in [1.82, 2.24) is 0 Å². The van der Waals surface area contributed by atoms with E-state index in [0.29, 0.717) is 25.9 Å². The molecule has 2 aromatic rings. The molecule has 0 saturated heterocycles. The summed E-state index contributed by atoms with van der Waals surface area (Å²) in [7, 11) is 0. The van der Waals surface area contributed by atoms with Gasteiger partial charge in [-0.15, -0.1) is 0 Å². The van der Waals surface area contributed by atoms with E-state index >= 15 is 0 Å². The van der Waals surface area contributed by atoms with Crippen LogP contribution in [0.2, 0.25) is 0 Å². The molecule has 0 radical (unpaired) electrons. The average Bonchev–Trinajstić information content (AvgIpc) is 2.37. The summed E-state index contributed by atoms with van der Waals surface area (Å²) >= 11 is 6.77. The monoisotopic (exact) mass is 414 g/mol. The van der Waals surface area contributed by atoms with E-state index in [0.717, 1.165) is 5.56 Å². The van der Waals surface area contributed by atoms with E-state index in [1.165, 1.54) is 12.1 Å². The molecule has 21 heavy (non-hydrogen) atoms. The molecule has 6 heteroatoms. The highest BCUT2D eigenvalue weighted by molar-refractivity contribution is 9.11. The SMILES string of the molecule is Cc1cc(Br)c(NC(=O)c2cc(N)cc(C)c2F)c(Br)c1. The number of hydrogen-bond donors (Lipinski definition) is 2. The van der Waals surface area contributed by atoms with E-state index < -0.39 is 11.7 Å². The van der Waals surface area contributed by atoms with E-state index in [1.54, 1.807) is 6.92 Å². The van der Waals surface area contributed by atoms with Crippen molar-refractivity contribution in [3.63, 3.8) is 0 Å². The topological polar surface area (TPSA) is 55.1 Å². The van der Waals surface area contributed by atoms with Gasteiger partial charge < -0.3 is 11.1 Å². The van der Waals surface area contributed by atoms with Gasteiger partial charge in [0.15, 0.2) is 0 Å². The van der Waals surface area contributed by atoms with Gasteiger partial charge in [-0.1, -0.05) is 0 Å². The van der Waals surface area contributed by atoms with Crippen molar-refractivity contribution >= 4 is 49.1 Å². The first-order valence-electron chi connectivity index (χ1n) is 6.12. The fourth-order valence-corrected chi connectivity index (χ4v) is 3.58. The van der Waals surface area contributed by atoms with Crippen LogP contribution in [0.4, 0.5) is 15.8 Å². The minimum absolute atomic E-state index is 0.0770. The molecule has 0 spiro atoms. The third-order valence-corrected chi connectivity index (χ3v) is 4.20. The lowest BCUT2D eigenvalue weighted by Gasteiger charge is -2.12.